The molecule has 5 rings (SSSR count). The number of nitrogens with zero attached hydrogens (tertiary/aromatic N) is 7. The summed E-state index contributed by atoms with van der Waals surface area (Å²) in [5.41, 5.74) is 1.60. The number of imidazole rings is 1. The Bertz CT molecular complexity index is 1360. The summed E-state index contributed by atoms with van der Waals surface area (Å²) in [6.07, 6.45) is 6.13. The number of carbonyl (C=O) groups excluding carboxylic acids is 1. The number of carbonyl (C=O) groups is 1. The van der Waals surface area contributed by atoms with Crippen molar-refractivity contribution in [1.82, 2.24) is 29.7 Å². The Kier molecular flexibility index (Phi) is 6.13. The Hall–Kier alpha value is -4.28. The Morgan fingerprint density at radius 3 is 2.78 bits per heavy atom. The zero-order valence-corrected chi connectivity index (χ0v) is 20.7. The van der Waals surface area contributed by atoms with Crippen LogP contribution in [0.25, 0.3) is 11.4 Å². The molecule has 4 aromatic heterocycles. The molecule has 0 amide bonds. The molecule has 0 aliphatic carbocycles. The van der Waals surface area contributed by atoms with Gasteiger partial charge in [-0.2, -0.15) is 4.98 Å². The molecule has 4 aromatic rings. The quantitative estimate of drug-likeness (QED) is 0.415. The van der Waals surface area contributed by atoms with Gasteiger partial charge in [-0.3, -0.25) is 4.98 Å². The molecular weight excluding hydrogens is 460 g/mol. The average molecular weight is 489 g/mol. The summed E-state index contributed by atoms with van der Waals surface area (Å²) in [6.45, 7) is 8.12. The summed E-state index contributed by atoms with van der Waals surface area (Å²) in [5.74, 6) is 2.13. The van der Waals surface area contributed by atoms with Crippen LogP contribution in [0.5, 0.6) is 0 Å². The van der Waals surface area contributed by atoms with Crippen molar-refractivity contribution in [2.45, 2.75) is 52.2 Å². The van der Waals surface area contributed by atoms with Crippen LogP contribution in [0.1, 0.15) is 51.1 Å². The van der Waals surface area contributed by atoms with Crippen LogP contribution < -0.4 is 10.2 Å². The largest absolute Gasteiger partial charge is 0.443 e. The van der Waals surface area contributed by atoms with Gasteiger partial charge in [-0.05, 0) is 52.7 Å². The smallest absolute Gasteiger partial charge is 0.421 e. The van der Waals surface area contributed by atoms with Crippen LogP contribution in [0.2, 0.25) is 0 Å². The minimum atomic E-state index is -0.626. The monoisotopic (exact) mass is 488 g/mol. The lowest BCUT2D eigenvalue weighted by atomic mass is 10.1. The SMILES string of the molecule is Cc1cc(Nc2nccn2C(=O)OC(C)(C)C)nc(N2CCCC2c2cc(-c3ccccn3)no2)n1. The molecule has 0 spiro atoms. The molecule has 0 bridgehead atoms. The molecule has 5 heterocycles. The first-order valence-electron chi connectivity index (χ1n) is 11.8. The van der Waals surface area contributed by atoms with Gasteiger partial charge in [-0.25, -0.2) is 19.3 Å². The Morgan fingerprint density at radius 2 is 2.00 bits per heavy atom. The predicted molar refractivity (Wildman–Crippen MR) is 133 cm³/mol. The second-order valence-electron chi connectivity index (χ2n) is 9.60. The minimum absolute atomic E-state index is 0.0478. The van der Waals surface area contributed by atoms with Gasteiger partial charge < -0.3 is 19.5 Å². The van der Waals surface area contributed by atoms with Crippen molar-refractivity contribution in [2.75, 3.05) is 16.8 Å². The highest BCUT2D eigenvalue weighted by Gasteiger charge is 2.32. The van der Waals surface area contributed by atoms with Gasteiger partial charge in [0.25, 0.3) is 0 Å². The summed E-state index contributed by atoms with van der Waals surface area (Å²) in [6, 6.07) is 9.37. The molecule has 36 heavy (non-hydrogen) atoms. The zero-order chi connectivity index (χ0) is 25.3. The van der Waals surface area contributed by atoms with Crippen LogP contribution in [-0.4, -0.2) is 47.9 Å². The van der Waals surface area contributed by atoms with E-state index in [1.807, 2.05) is 52.0 Å². The van der Waals surface area contributed by atoms with E-state index in [-0.39, 0.29) is 6.04 Å². The molecular formula is C25H28N8O3. The second kappa shape index (κ2) is 9.40. The average Bonchev–Trinajstić information content (AvgIpc) is 3.58. The van der Waals surface area contributed by atoms with Crippen molar-refractivity contribution < 1.29 is 14.1 Å². The van der Waals surface area contributed by atoms with Crippen LogP contribution in [0, 0.1) is 6.92 Å². The Morgan fingerprint density at radius 1 is 1.14 bits per heavy atom. The van der Waals surface area contributed by atoms with Crippen molar-refractivity contribution in [3.05, 3.63) is 60.4 Å². The van der Waals surface area contributed by atoms with Gasteiger partial charge in [-0.1, -0.05) is 11.2 Å². The van der Waals surface area contributed by atoms with E-state index in [2.05, 4.69) is 30.3 Å². The molecule has 11 nitrogen and oxygen atoms in total. The number of aromatic nitrogens is 6. The summed E-state index contributed by atoms with van der Waals surface area (Å²) in [5, 5.41) is 7.36. The molecule has 1 N–H and O–H groups in total. The molecule has 186 valence electrons. The first kappa shape index (κ1) is 23.5. The molecule has 0 saturated carbocycles. The molecule has 0 aromatic carbocycles. The summed E-state index contributed by atoms with van der Waals surface area (Å²) in [7, 11) is 0. The van der Waals surface area contributed by atoms with E-state index in [1.54, 1.807) is 18.5 Å². The molecule has 1 fully saturated rings. The van der Waals surface area contributed by atoms with E-state index in [1.165, 1.54) is 10.8 Å². The van der Waals surface area contributed by atoms with Crippen LogP contribution in [-0.2, 0) is 4.74 Å². The lowest BCUT2D eigenvalue weighted by Crippen LogP contribution is -2.27. The lowest BCUT2D eigenvalue weighted by molar-refractivity contribution is 0.0540. The molecule has 1 aliphatic heterocycles. The summed E-state index contributed by atoms with van der Waals surface area (Å²) < 4.78 is 12.5. The van der Waals surface area contributed by atoms with Gasteiger partial charge in [0.05, 0.1) is 11.7 Å². The van der Waals surface area contributed by atoms with Gasteiger partial charge in [0.2, 0.25) is 11.9 Å². The first-order chi connectivity index (χ1) is 17.3. The summed E-state index contributed by atoms with van der Waals surface area (Å²) in [4.78, 5) is 32.7. The van der Waals surface area contributed by atoms with Crippen molar-refractivity contribution in [1.29, 1.82) is 0 Å². The fourth-order valence-corrected chi connectivity index (χ4v) is 4.10. The lowest BCUT2D eigenvalue weighted by Gasteiger charge is -2.23. The topological polar surface area (TPSA) is 124 Å². The Balaban J connectivity index is 1.38. The summed E-state index contributed by atoms with van der Waals surface area (Å²) >= 11 is 0. The molecule has 1 atom stereocenters. The van der Waals surface area contributed by atoms with E-state index in [4.69, 9.17) is 14.2 Å². The van der Waals surface area contributed by atoms with Crippen molar-refractivity contribution in [3.8, 4) is 11.4 Å². The van der Waals surface area contributed by atoms with Crippen LogP contribution in [0.4, 0.5) is 22.5 Å². The third-order valence-electron chi connectivity index (χ3n) is 5.61. The van der Waals surface area contributed by atoms with E-state index in [9.17, 15) is 4.79 Å². The highest BCUT2D eigenvalue weighted by Crippen LogP contribution is 2.36. The number of ether oxygens (including phenoxy) is 1. The number of nitrogens with one attached hydrogen (secondary N) is 1. The number of anilines is 3. The van der Waals surface area contributed by atoms with Crippen molar-refractivity contribution in [2.24, 2.45) is 0 Å². The first-order valence-corrected chi connectivity index (χ1v) is 11.8. The molecule has 1 saturated heterocycles. The third-order valence-corrected chi connectivity index (χ3v) is 5.61. The second-order valence-corrected chi connectivity index (χ2v) is 9.60. The van der Waals surface area contributed by atoms with Gasteiger partial charge in [-0.15, -0.1) is 0 Å². The van der Waals surface area contributed by atoms with Crippen LogP contribution in [0.15, 0.2) is 53.4 Å². The van der Waals surface area contributed by atoms with Crippen molar-refractivity contribution >= 4 is 23.8 Å². The van der Waals surface area contributed by atoms with E-state index < -0.39 is 11.7 Å². The maximum absolute atomic E-state index is 12.6. The fraction of sp³-hybridized carbons (Fsp3) is 0.360. The van der Waals surface area contributed by atoms with Crippen LogP contribution in [0.3, 0.4) is 0 Å². The van der Waals surface area contributed by atoms with Gasteiger partial charge in [0, 0.05) is 43.0 Å². The van der Waals surface area contributed by atoms with E-state index in [0.29, 0.717) is 23.4 Å². The van der Waals surface area contributed by atoms with Gasteiger partial charge in [0.1, 0.15) is 17.1 Å². The number of hydrogen-bond acceptors (Lipinski definition) is 10. The molecule has 11 heteroatoms. The standard InChI is InChI=1S/C25H28N8O3/c1-16-14-21(29-22-27-11-13-33(22)24(34)35-25(2,3)4)30-23(28-16)32-12-7-9-19(32)20-15-18(31-36-20)17-8-5-6-10-26-17/h5-6,8,10-11,13-15,19H,7,9,12H2,1-4H3,(H,27,28,29,30). The molecule has 1 unspecified atom stereocenters. The van der Waals surface area contributed by atoms with Crippen molar-refractivity contribution in [3.63, 3.8) is 0 Å². The normalized spacial score (nSPS) is 15.8. The number of hydrogen-bond donors (Lipinski definition) is 1. The van der Waals surface area contributed by atoms with E-state index >= 15 is 0 Å². The highest BCUT2D eigenvalue weighted by atomic mass is 16.6. The fourth-order valence-electron chi connectivity index (χ4n) is 4.10. The number of pyridine rings is 1. The predicted octanol–water partition coefficient (Wildman–Crippen LogP) is 4.90. The van der Waals surface area contributed by atoms with Gasteiger partial charge >= 0.3 is 6.09 Å². The number of rotatable bonds is 5. The van der Waals surface area contributed by atoms with Gasteiger partial charge in [0.15, 0.2) is 5.76 Å². The minimum Gasteiger partial charge on any atom is -0.443 e. The molecule has 0 radical (unpaired) electrons. The molecule has 1 aliphatic rings. The maximum atomic E-state index is 12.6. The maximum Gasteiger partial charge on any atom is 0.421 e. The highest BCUT2D eigenvalue weighted by molar-refractivity contribution is 5.75. The third kappa shape index (κ3) is 5.04. The van der Waals surface area contributed by atoms with E-state index in [0.717, 1.165) is 36.5 Å². The zero-order valence-electron chi connectivity index (χ0n) is 20.7. The Labute approximate surface area is 208 Å². The number of aryl methyl sites for hydroxylation is 1. The van der Waals surface area contributed by atoms with Crippen LogP contribution >= 0.6 is 0 Å².